The number of Topliss-reactive ketones (excluding diaryl/α,β-unsaturated/α-hetero) is 1. The number of ketones is 1. The number of ether oxygens (including phenoxy) is 2. The van der Waals surface area contributed by atoms with Gasteiger partial charge in [0.05, 0.1) is 20.5 Å². The van der Waals surface area contributed by atoms with E-state index in [1.54, 1.807) is 12.1 Å². The Morgan fingerprint density at radius 1 is 1.03 bits per heavy atom. The smallest absolute Gasteiger partial charge is 0.265 e. The minimum atomic E-state index is -3.84. The molecule has 1 saturated heterocycles. The van der Waals surface area contributed by atoms with Crippen molar-refractivity contribution in [3.63, 3.8) is 0 Å². The zero-order valence-electron chi connectivity index (χ0n) is 19.4. The monoisotopic (exact) mass is 473 g/mol. The molecule has 1 aliphatic heterocycles. The number of carbonyl (C=O) groups excluding carboxylic acids is 1. The summed E-state index contributed by atoms with van der Waals surface area (Å²) in [4.78, 5) is 15.9. The van der Waals surface area contributed by atoms with Crippen molar-refractivity contribution in [3.05, 3.63) is 59.2 Å². The summed E-state index contributed by atoms with van der Waals surface area (Å²) in [5.74, 6) is 0.846. The predicted molar refractivity (Wildman–Crippen MR) is 125 cm³/mol. The Kier molecular flexibility index (Phi) is 6.79. The zero-order valence-corrected chi connectivity index (χ0v) is 20.2. The van der Waals surface area contributed by atoms with Crippen LogP contribution in [-0.2, 0) is 27.3 Å². The molecule has 1 aliphatic carbocycles. The highest BCUT2D eigenvalue weighted by molar-refractivity contribution is 7.86. The van der Waals surface area contributed by atoms with Crippen molar-refractivity contribution in [1.29, 1.82) is 0 Å². The number of fused-ring (bicyclic) bond motifs is 1. The summed E-state index contributed by atoms with van der Waals surface area (Å²) in [5, 5.41) is 0. The van der Waals surface area contributed by atoms with Crippen molar-refractivity contribution < 1.29 is 26.9 Å². The highest BCUT2D eigenvalue weighted by Gasteiger charge is 2.51. The van der Waals surface area contributed by atoms with Crippen molar-refractivity contribution >= 4 is 15.9 Å². The minimum absolute atomic E-state index is 0.195. The summed E-state index contributed by atoms with van der Waals surface area (Å²) in [6.07, 6.45) is 3.36. The number of nitrogens with zero attached hydrogens (tertiary/aromatic N) is 1. The van der Waals surface area contributed by atoms with Crippen molar-refractivity contribution in [2.45, 2.75) is 37.8 Å². The maximum Gasteiger partial charge on any atom is 0.265 e. The van der Waals surface area contributed by atoms with E-state index in [1.807, 2.05) is 18.2 Å². The maximum absolute atomic E-state index is 13.5. The van der Waals surface area contributed by atoms with Gasteiger partial charge in [0.25, 0.3) is 10.1 Å². The summed E-state index contributed by atoms with van der Waals surface area (Å²) >= 11 is 0. The van der Waals surface area contributed by atoms with E-state index in [9.17, 15) is 13.2 Å². The molecule has 0 bridgehead atoms. The molecule has 2 aliphatic rings. The molecule has 0 saturated carbocycles. The van der Waals surface area contributed by atoms with Crippen LogP contribution in [0.1, 0.15) is 40.7 Å². The molecule has 1 atom stereocenters. The topological polar surface area (TPSA) is 82.1 Å². The summed E-state index contributed by atoms with van der Waals surface area (Å²) in [6.45, 7) is 2.69. The van der Waals surface area contributed by atoms with Gasteiger partial charge < -0.3 is 9.47 Å². The third-order valence-electron chi connectivity index (χ3n) is 6.63. The number of hydrogen-bond donors (Lipinski definition) is 0. The Labute approximate surface area is 195 Å². The second-order valence-corrected chi connectivity index (χ2v) is 10.6. The normalized spacial score (nSPS) is 21.7. The average Bonchev–Trinajstić information content (AvgIpc) is 3.03. The molecule has 1 heterocycles. The van der Waals surface area contributed by atoms with E-state index < -0.39 is 15.7 Å². The van der Waals surface area contributed by atoms with E-state index in [1.165, 1.54) is 19.8 Å². The molecule has 1 unspecified atom stereocenters. The number of rotatable bonds is 8. The fourth-order valence-electron chi connectivity index (χ4n) is 5.12. The first-order chi connectivity index (χ1) is 15.7. The molecule has 0 aromatic heterocycles. The Bertz CT molecular complexity index is 1110. The van der Waals surface area contributed by atoms with Crippen LogP contribution in [0.4, 0.5) is 0 Å². The van der Waals surface area contributed by atoms with Crippen LogP contribution in [0.15, 0.2) is 42.5 Å². The molecular weight excluding hydrogens is 442 g/mol. The highest BCUT2D eigenvalue weighted by atomic mass is 32.2. The Hall–Kier alpha value is -2.42. The van der Waals surface area contributed by atoms with Crippen molar-refractivity contribution in [3.8, 4) is 11.5 Å². The van der Waals surface area contributed by atoms with Crippen LogP contribution in [0.5, 0.6) is 11.5 Å². The van der Waals surface area contributed by atoms with Gasteiger partial charge in [-0.15, -0.1) is 0 Å². The molecule has 0 radical (unpaired) electrons. The third kappa shape index (κ3) is 5.23. The molecule has 2 aromatic rings. The lowest BCUT2D eigenvalue weighted by Gasteiger charge is -2.36. The molecule has 2 aromatic carbocycles. The molecule has 8 heteroatoms. The van der Waals surface area contributed by atoms with Gasteiger partial charge in [0.15, 0.2) is 22.9 Å². The standard InChI is InChI=1S/C25H31NO6S/c1-30-22-13-20-16-25(32-33(3,28)29,24(27)21(20)14-23(22)31-2)15-18-9-11-26(12-10-18)17-19-7-5-4-6-8-19/h4-8,13-14,18H,9-12,15-17H2,1-3H3. The first kappa shape index (κ1) is 23.7. The predicted octanol–water partition coefficient (Wildman–Crippen LogP) is 3.46. The van der Waals surface area contributed by atoms with E-state index in [-0.39, 0.29) is 18.1 Å². The molecule has 0 spiro atoms. The van der Waals surface area contributed by atoms with Crippen LogP contribution in [0.2, 0.25) is 0 Å². The van der Waals surface area contributed by atoms with Crippen LogP contribution in [0, 0.1) is 5.92 Å². The van der Waals surface area contributed by atoms with E-state index in [0.29, 0.717) is 23.5 Å². The van der Waals surface area contributed by atoms with Crippen LogP contribution in [0.25, 0.3) is 0 Å². The van der Waals surface area contributed by atoms with Gasteiger partial charge in [0.1, 0.15) is 0 Å². The average molecular weight is 474 g/mol. The molecule has 4 rings (SSSR count). The van der Waals surface area contributed by atoms with E-state index in [2.05, 4.69) is 17.0 Å². The van der Waals surface area contributed by atoms with Crippen LogP contribution < -0.4 is 9.47 Å². The van der Waals surface area contributed by atoms with Gasteiger partial charge in [0, 0.05) is 18.5 Å². The van der Waals surface area contributed by atoms with Crippen LogP contribution in [0.3, 0.4) is 0 Å². The number of methoxy groups -OCH3 is 2. The van der Waals surface area contributed by atoms with Gasteiger partial charge in [0.2, 0.25) is 0 Å². The summed E-state index contributed by atoms with van der Waals surface area (Å²) in [6, 6.07) is 13.7. The molecule has 7 nitrogen and oxygen atoms in total. The Morgan fingerprint density at radius 2 is 1.67 bits per heavy atom. The van der Waals surface area contributed by atoms with E-state index in [4.69, 9.17) is 13.7 Å². The number of carbonyl (C=O) groups is 1. The SMILES string of the molecule is COc1cc2c(cc1OC)C(=O)C(CC1CCN(Cc3ccccc3)CC1)(OS(C)(=O)=O)C2. The van der Waals surface area contributed by atoms with Gasteiger partial charge in [-0.1, -0.05) is 30.3 Å². The molecule has 33 heavy (non-hydrogen) atoms. The van der Waals surface area contributed by atoms with Gasteiger partial charge in [-0.2, -0.15) is 8.42 Å². The molecule has 0 amide bonds. The lowest BCUT2D eigenvalue weighted by Crippen LogP contribution is -2.45. The minimum Gasteiger partial charge on any atom is -0.493 e. The summed E-state index contributed by atoms with van der Waals surface area (Å²) in [7, 11) is -0.805. The highest BCUT2D eigenvalue weighted by Crippen LogP contribution is 2.44. The maximum atomic E-state index is 13.5. The van der Waals surface area contributed by atoms with Gasteiger partial charge in [-0.3, -0.25) is 13.9 Å². The summed E-state index contributed by atoms with van der Waals surface area (Å²) < 4.78 is 40.7. The van der Waals surface area contributed by atoms with Gasteiger partial charge in [-0.05, 0) is 61.5 Å². The van der Waals surface area contributed by atoms with Crippen molar-refractivity contribution in [2.75, 3.05) is 33.6 Å². The van der Waals surface area contributed by atoms with Crippen molar-refractivity contribution in [1.82, 2.24) is 4.90 Å². The molecule has 0 N–H and O–H groups in total. The van der Waals surface area contributed by atoms with Crippen LogP contribution in [-0.4, -0.2) is 58.3 Å². The fraction of sp³-hybridized carbons (Fsp3) is 0.480. The quantitative estimate of drug-likeness (QED) is 0.543. The largest absolute Gasteiger partial charge is 0.493 e. The first-order valence-corrected chi connectivity index (χ1v) is 13.0. The Balaban J connectivity index is 1.52. The Morgan fingerprint density at radius 3 is 2.27 bits per heavy atom. The second kappa shape index (κ2) is 9.44. The van der Waals surface area contributed by atoms with Gasteiger partial charge in [-0.25, -0.2) is 0 Å². The molecule has 178 valence electrons. The summed E-state index contributed by atoms with van der Waals surface area (Å²) in [5.41, 5.74) is 1.03. The third-order valence-corrected chi connectivity index (χ3v) is 7.25. The molecular formula is C25H31NO6S. The number of benzene rings is 2. The fourth-order valence-corrected chi connectivity index (χ4v) is 5.91. The second-order valence-electron chi connectivity index (χ2n) is 9.06. The van der Waals surface area contributed by atoms with Gasteiger partial charge >= 0.3 is 0 Å². The van der Waals surface area contributed by atoms with E-state index in [0.717, 1.165) is 44.3 Å². The number of piperidine rings is 1. The first-order valence-electron chi connectivity index (χ1n) is 11.2. The molecule has 1 fully saturated rings. The van der Waals surface area contributed by atoms with Crippen LogP contribution >= 0.6 is 0 Å². The zero-order chi connectivity index (χ0) is 23.6. The number of hydrogen-bond acceptors (Lipinski definition) is 7. The lowest BCUT2D eigenvalue weighted by atomic mass is 9.82. The lowest BCUT2D eigenvalue weighted by molar-refractivity contribution is 0.0342. The van der Waals surface area contributed by atoms with E-state index >= 15 is 0 Å². The van der Waals surface area contributed by atoms with Crippen molar-refractivity contribution in [2.24, 2.45) is 5.92 Å². The number of likely N-dealkylation sites (tertiary alicyclic amines) is 1.